The number of thioether (sulfide) groups is 1. The summed E-state index contributed by atoms with van der Waals surface area (Å²) >= 11 is 1.52. The van der Waals surface area contributed by atoms with E-state index in [4.69, 9.17) is 0 Å². The van der Waals surface area contributed by atoms with Crippen LogP contribution in [0.5, 0.6) is 0 Å². The van der Waals surface area contributed by atoms with E-state index in [0.29, 0.717) is 17.0 Å². The molecule has 2 rings (SSSR count). The molecule has 0 radical (unpaired) electrons. The predicted octanol–water partition coefficient (Wildman–Crippen LogP) is 3.09. The maximum atomic E-state index is 11.8. The fourth-order valence-corrected chi connectivity index (χ4v) is 2.98. The monoisotopic (exact) mass is 272 g/mol. The molecule has 0 saturated heterocycles. The first-order valence-corrected chi connectivity index (χ1v) is 7.27. The summed E-state index contributed by atoms with van der Waals surface area (Å²) in [6, 6.07) is 10.3. The highest BCUT2D eigenvalue weighted by atomic mass is 32.2. The van der Waals surface area contributed by atoms with Gasteiger partial charge in [0.1, 0.15) is 0 Å². The Kier molecular flexibility index (Phi) is 4.28. The predicted molar refractivity (Wildman–Crippen MR) is 77.5 cm³/mol. The lowest BCUT2D eigenvalue weighted by Gasteiger charge is -2.24. The van der Waals surface area contributed by atoms with Crippen LogP contribution in [0.3, 0.4) is 0 Å². The number of hydrogen-bond acceptors (Lipinski definition) is 3. The van der Waals surface area contributed by atoms with Crippen molar-refractivity contribution in [2.45, 2.75) is 26.2 Å². The molecule has 1 aliphatic heterocycles. The van der Waals surface area contributed by atoms with Gasteiger partial charge in [0.15, 0.2) is 0 Å². The molecule has 1 aromatic rings. The Labute approximate surface area is 117 Å². The van der Waals surface area contributed by atoms with Crippen LogP contribution in [-0.2, 0) is 4.79 Å². The zero-order chi connectivity index (χ0) is 13.8. The third-order valence-electron chi connectivity index (χ3n) is 3.12. The summed E-state index contributed by atoms with van der Waals surface area (Å²) in [5.41, 5.74) is 2.89. The number of carbonyl (C=O) groups is 1. The molecule has 1 aromatic carbocycles. The van der Waals surface area contributed by atoms with Crippen LogP contribution in [0.2, 0.25) is 0 Å². The third-order valence-corrected chi connectivity index (χ3v) is 4.02. The number of carbonyl (C=O) groups excluding carboxylic acids is 1. The summed E-state index contributed by atoms with van der Waals surface area (Å²) in [4.78, 5) is 11.8. The van der Waals surface area contributed by atoms with Crippen LogP contribution in [0.1, 0.15) is 30.4 Å². The van der Waals surface area contributed by atoms with Gasteiger partial charge in [0.05, 0.1) is 16.7 Å². The van der Waals surface area contributed by atoms with E-state index in [0.717, 1.165) is 11.3 Å². The normalized spacial score (nSPS) is 19.0. The minimum absolute atomic E-state index is 0.0134. The minimum Gasteiger partial charge on any atom is -0.320 e. The van der Waals surface area contributed by atoms with Crippen molar-refractivity contribution in [1.82, 2.24) is 5.32 Å². The molecule has 1 atom stereocenters. The van der Waals surface area contributed by atoms with Gasteiger partial charge in [-0.05, 0) is 18.2 Å². The van der Waals surface area contributed by atoms with E-state index < -0.39 is 0 Å². The number of amides is 1. The lowest BCUT2D eigenvalue weighted by Crippen LogP contribution is -2.30. The molecule has 1 heterocycles. The second kappa shape index (κ2) is 5.94. The largest absolute Gasteiger partial charge is 0.320 e. The molecule has 1 amide bonds. The maximum Gasteiger partial charge on any atom is 0.225 e. The summed E-state index contributed by atoms with van der Waals surface area (Å²) in [6.07, 6.45) is 0.347. The molecule has 0 spiro atoms. The molecule has 0 saturated carbocycles. The lowest BCUT2D eigenvalue weighted by molar-refractivity contribution is -0.120. The van der Waals surface area contributed by atoms with E-state index >= 15 is 0 Å². The number of allylic oxidation sites excluding steroid dienone is 1. The smallest absolute Gasteiger partial charge is 0.225 e. The van der Waals surface area contributed by atoms with Gasteiger partial charge in [-0.15, -0.1) is 11.8 Å². The summed E-state index contributed by atoms with van der Waals surface area (Å²) in [6.45, 7) is 4.03. The van der Waals surface area contributed by atoms with Crippen LogP contribution in [0.4, 0.5) is 0 Å². The van der Waals surface area contributed by atoms with E-state index in [2.05, 4.69) is 11.4 Å². The standard InChI is InChI=1S/C15H16N2OS/c1-3-19-15-13(9-16)12(8-14(18)17-15)11-6-4-10(2)5-7-11/h4-7,12H,3,8H2,1-2H3,(H,17,18). The van der Waals surface area contributed by atoms with Crippen molar-refractivity contribution in [1.29, 1.82) is 5.26 Å². The molecular weight excluding hydrogens is 256 g/mol. The Morgan fingerprint density at radius 3 is 2.68 bits per heavy atom. The second-order valence-corrected chi connectivity index (χ2v) is 5.78. The molecule has 0 fully saturated rings. The first kappa shape index (κ1) is 13.7. The van der Waals surface area contributed by atoms with Gasteiger partial charge in [-0.3, -0.25) is 4.79 Å². The van der Waals surface area contributed by atoms with Crippen LogP contribution in [-0.4, -0.2) is 11.7 Å². The van der Waals surface area contributed by atoms with Crippen molar-refractivity contribution in [2.75, 3.05) is 5.75 Å². The topological polar surface area (TPSA) is 52.9 Å². The summed E-state index contributed by atoms with van der Waals surface area (Å²) in [5, 5.41) is 12.9. The minimum atomic E-state index is -0.117. The van der Waals surface area contributed by atoms with Crippen molar-refractivity contribution < 1.29 is 4.79 Å². The Morgan fingerprint density at radius 2 is 2.11 bits per heavy atom. The van der Waals surface area contributed by atoms with Gasteiger partial charge in [0.25, 0.3) is 0 Å². The number of rotatable bonds is 3. The van der Waals surface area contributed by atoms with Crippen molar-refractivity contribution in [3.05, 3.63) is 46.0 Å². The second-order valence-electron chi connectivity index (χ2n) is 4.50. The van der Waals surface area contributed by atoms with Gasteiger partial charge >= 0.3 is 0 Å². The van der Waals surface area contributed by atoms with Crippen LogP contribution >= 0.6 is 11.8 Å². The number of nitrogens with zero attached hydrogens (tertiary/aromatic N) is 1. The summed E-state index contributed by atoms with van der Waals surface area (Å²) in [7, 11) is 0. The fourth-order valence-electron chi connectivity index (χ4n) is 2.16. The molecule has 0 aromatic heterocycles. The summed E-state index contributed by atoms with van der Waals surface area (Å²) < 4.78 is 0. The molecule has 0 bridgehead atoms. The number of benzene rings is 1. The molecule has 3 nitrogen and oxygen atoms in total. The van der Waals surface area contributed by atoms with Gasteiger partial charge < -0.3 is 5.32 Å². The molecular formula is C15H16N2OS. The average molecular weight is 272 g/mol. The zero-order valence-electron chi connectivity index (χ0n) is 11.1. The first-order chi connectivity index (χ1) is 9.15. The number of nitriles is 1. The lowest BCUT2D eigenvalue weighted by atomic mass is 9.87. The summed E-state index contributed by atoms with van der Waals surface area (Å²) in [5.74, 6) is 0.704. The Morgan fingerprint density at radius 1 is 1.42 bits per heavy atom. The zero-order valence-corrected chi connectivity index (χ0v) is 11.9. The number of aryl methyl sites for hydroxylation is 1. The van der Waals surface area contributed by atoms with Crippen molar-refractivity contribution in [2.24, 2.45) is 0 Å². The average Bonchev–Trinajstić information content (AvgIpc) is 2.39. The van der Waals surface area contributed by atoms with Gasteiger partial charge in [0.2, 0.25) is 5.91 Å². The van der Waals surface area contributed by atoms with Crippen LogP contribution in [0.25, 0.3) is 0 Å². The molecule has 0 aliphatic carbocycles. The van der Waals surface area contributed by atoms with Gasteiger partial charge in [-0.1, -0.05) is 36.8 Å². The van der Waals surface area contributed by atoms with E-state index in [1.807, 2.05) is 38.1 Å². The van der Waals surface area contributed by atoms with Crippen LogP contribution < -0.4 is 5.32 Å². The van der Waals surface area contributed by atoms with Gasteiger partial charge in [-0.2, -0.15) is 5.26 Å². The molecule has 1 N–H and O–H groups in total. The van der Waals surface area contributed by atoms with Crippen molar-refractivity contribution in [3.63, 3.8) is 0 Å². The highest BCUT2D eigenvalue weighted by Crippen LogP contribution is 2.35. The quantitative estimate of drug-likeness (QED) is 0.920. The highest BCUT2D eigenvalue weighted by Gasteiger charge is 2.29. The first-order valence-electron chi connectivity index (χ1n) is 6.29. The van der Waals surface area contributed by atoms with E-state index in [1.165, 1.54) is 17.3 Å². The van der Waals surface area contributed by atoms with Gasteiger partial charge in [0, 0.05) is 12.3 Å². The maximum absolute atomic E-state index is 11.8. The molecule has 1 aliphatic rings. The Balaban J connectivity index is 2.42. The molecule has 19 heavy (non-hydrogen) atoms. The van der Waals surface area contributed by atoms with E-state index in [-0.39, 0.29) is 11.8 Å². The Hall–Kier alpha value is -1.73. The Bertz CT molecular complexity index is 555. The van der Waals surface area contributed by atoms with E-state index in [9.17, 15) is 10.1 Å². The van der Waals surface area contributed by atoms with Crippen LogP contribution in [0, 0.1) is 18.3 Å². The number of nitrogens with one attached hydrogen (secondary N) is 1. The SMILES string of the molecule is CCSC1=C(C#N)C(c2ccc(C)cc2)CC(=O)N1. The highest BCUT2D eigenvalue weighted by molar-refractivity contribution is 8.03. The third kappa shape index (κ3) is 2.99. The molecule has 4 heteroatoms. The van der Waals surface area contributed by atoms with E-state index in [1.54, 1.807) is 0 Å². The fraction of sp³-hybridized carbons (Fsp3) is 0.333. The number of hydrogen-bond donors (Lipinski definition) is 1. The molecule has 1 unspecified atom stereocenters. The van der Waals surface area contributed by atoms with Crippen LogP contribution in [0.15, 0.2) is 34.9 Å². The molecule has 98 valence electrons. The van der Waals surface area contributed by atoms with Crippen molar-refractivity contribution >= 4 is 17.7 Å². The van der Waals surface area contributed by atoms with Crippen molar-refractivity contribution in [3.8, 4) is 6.07 Å². The van der Waals surface area contributed by atoms with Gasteiger partial charge in [-0.25, -0.2) is 0 Å².